The number of hydrogen-bond donors (Lipinski definition) is 2. The van der Waals surface area contributed by atoms with Crippen molar-refractivity contribution in [1.29, 1.82) is 0 Å². The lowest BCUT2D eigenvalue weighted by molar-refractivity contribution is -0.644. The number of nitrogen functional groups attached to an aromatic ring is 1. The number of aliphatic carboxylic acids is 1. The molecule has 0 radical (unpaired) electrons. The fraction of sp³-hybridized carbons (Fsp3) is 0.273. The van der Waals surface area contributed by atoms with Crippen LogP contribution in [0.4, 0.5) is 5.13 Å². The highest BCUT2D eigenvalue weighted by Gasteiger charge is 2.53. The summed E-state index contributed by atoms with van der Waals surface area (Å²) in [6.07, 6.45) is 5.35. The number of rotatable bonds is 9. The Morgan fingerprint density at radius 1 is 1.44 bits per heavy atom. The van der Waals surface area contributed by atoms with Crippen LogP contribution in [-0.2, 0) is 26.3 Å². The lowest BCUT2D eigenvalue weighted by Gasteiger charge is -2.50. The summed E-state index contributed by atoms with van der Waals surface area (Å²) in [6.45, 7) is 1.87. The van der Waals surface area contributed by atoms with E-state index in [-0.39, 0.29) is 34.7 Å². The Labute approximate surface area is 233 Å². The summed E-state index contributed by atoms with van der Waals surface area (Å²) in [5, 5.41) is 24.8. The van der Waals surface area contributed by atoms with Gasteiger partial charge >= 0.3 is 5.65 Å². The molecule has 39 heavy (non-hydrogen) atoms. The number of nitrogens with zero attached hydrogens (tertiary/aromatic N) is 7. The van der Waals surface area contributed by atoms with E-state index in [1.807, 2.05) is 36.1 Å². The molecule has 1 fully saturated rings. The zero-order valence-electron chi connectivity index (χ0n) is 20.5. The first-order chi connectivity index (χ1) is 18.8. The number of carbonyl (C=O) groups excluding carboxylic acids is 3. The zero-order chi connectivity index (χ0) is 27.7. The number of aromatic nitrogens is 5. The summed E-state index contributed by atoms with van der Waals surface area (Å²) in [5.41, 5.74) is 6.47. The van der Waals surface area contributed by atoms with Gasteiger partial charge in [-0.05, 0) is 30.0 Å². The normalized spacial score (nSPS) is 19.4. The minimum Gasteiger partial charge on any atom is -0.543 e. The highest BCUT2D eigenvalue weighted by atomic mass is 32.2. The third-order valence-corrected chi connectivity index (χ3v) is 8.27. The van der Waals surface area contributed by atoms with Gasteiger partial charge in [0.25, 0.3) is 11.8 Å². The lowest BCUT2D eigenvalue weighted by Crippen LogP contribution is -2.71. The molecule has 5 heterocycles. The van der Waals surface area contributed by atoms with Gasteiger partial charge in [0, 0.05) is 23.4 Å². The van der Waals surface area contributed by atoms with Gasteiger partial charge in [0.15, 0.2) is 11.3 Å². The Morgan fingerprint density at radius 3 is 2.97 bits per heavy atom. The van der Waals surface area contributed by atoms with E-state index in [1.54, 1.807) is 22.9 Å². The molecule has 3 aromatic rings. The number of carbonyl (C=O) groups is 3. The van der Waals surface area contributed by atoms with Gasteiger partial charge in [-0.3, -0.25) is 14.5 Å². The maximum atomic E-state index is 13.0. The largest absolute Gasteiger partial charge is 0.543 e. The molecule has 0 bridgehead atoms. The molecule has 0 saturated carbocycles. The summed E-state index contributed by atoms with van der Waals surface area (Å²) < 4.78 is 7.65. The van der Waals surface area contributed by atoms with Gasteiger partial charge < -0.3 is 25.8 Å². The smallest absolute Gasteiger partial charge is 0.306 e. The van der Waals surface area contributed by atoms with Crippen molar-refractivity contribution in [3.05, 3.63) is 53.1 Å². The number of thioether (sulfide) groups is 2. The SMILES string of the molecule is CCO/N=C(\C(=O)N[C@@H]1C(=O)N2C(C(=O)[O-])=C(/C=C/Sc3ccc4n(cc[n+]4C)n3)CS[C@H]12)c1nsc(N)n1. The van der Waals surface area contributed by atoms with Crippen LogP contribution in [0.3, 0.4) is 0 Å². The first-order valence-corrected chi connectivity index (χ1v) is 14.2. The van der Waals surface area contributed by atoms with Crippen LogP contribution in [-0.4, -0.2) is 71.1 Å². The van der Waals surface area contributed by atoms with Crippen LogP contribution in [0.2, 0.25) is 0 Å². The molecule has 14 nitrogen and oxygen atoms in total. The van der Waals surface area contributed by atoms with E-state index in [2.05, 4.69) is 24.9 Å². The molecule has 5 rings (SSSR count). The van der Waals surface area contributed by atoms with Gasteiger partial charge in [0.05, 0.1) is 18.7 Å². The molecule has 1 saturated heterocycles. The summed E-state index contributed by atoms with van der Waals surface area (Å²) in [7, 11) is 1.92. The van der Waals surface area contributed by atoms with Gasteiger partial charge in [-0.15, -0.1) is 16.3 Å². The van der Waals surface area contributed by atoms with E-state index in [0.717, 1.165) is 22.1 Å². The predicted molar refractivity (Wildman–Crippen MR) is 141 cm³/mol. The van der Waals surface area contributed by atoms with Crippen molar-refractivity contribution in [1.82, 2.24) is 29.2 Å². The van der Waals surface area contributed by atoms with Crippen LogP contribution in [0.5, 0.6) is 0 Å². The molecule has 2 atom stereocenters. The van der Waals surface area contributed by atoms with E-state index >= 15 is 0 Å². The average molecular weight is 588 g/mol. The maximum Gasteiger partial charge on any atom is 0.306 e. The Morgan fingerprint density at radius 2 is 2.26 bits per heavy atom. The van der Waals surface area contributed by atoms with Gasteiger partial charge in [0.1, 0.15) is 29.2 Å². The quantitative estimate of drug-likeness (QED) is 0.103. The van der Waals surface area contributed by atoms with Crippen LogP contribution in [0.1, 0.15) is 12.7 Å². The number of allylic oxidation sites excluding steroid dienone is 1. The zero-order valence-corrected chi connectivity index (χ0v) is 23.0. The van der Waals surface area contributed by atoms with Crippen molar-refractivity contribution in [3.63, 3.8) is 0 Å². The number of fused-ring (bicyclic) bond motifs is 2. The molecule has 2 aliphatic heterocycles. The van der Waals surface area contributed by atoms with Gasteiger partial charge in [-0.2, -0.15) is 9.36 Å². The second kappa shape index (κ2) is 11.0. The highest BCUT2D eigenvalue weighted by molar-refractivity contribution is 8.02. The van der Waals surface area contributed by atoms with Gasteiger partial charge in [0.2, 0.25) is 11.5 Å². The Kier molecular flexibility index (Phi) is 7.53. The molecule has 0 unspecified atom stereocenters. The van der Waals surface area contributed by atoms with E-state index in [4.69, 9.17) is 10.6 Å². The van der Waals surface area contributed by atoms with Crippen LogP contribution in [0.25, 0.3) is 5.65 Å². The van der Waals surface area contributed by atoms with E-state index in [1.165, 1.54) is 23.5 Å². The van der Waals surface area contributed by atoms with Crippen LogP contribution >= 0.6 is 35.1 Å². The topological polar surface area (TPSA) is 184 Å². The summed E-state index contributed by atoms with van der Waals surface area (Å²) >= 11 is 3.50. The van der Waals surface area contributed by atoms with E-state index in [0.29, 0.717) is 10.6 Å². The summed E-state index contributed by atoms with van der Waals surface area (Å²) in [5.74, 6) is -2.58. The van der Waals surface area contributed by atoms with Crippen molar-refractivity contribution < 1.29 is 28.9 Å². The number of nitrogens with two attached hydrogens (primary N) is 1. The number of nitrogens with one attached hydrogen (secondary N) is 1. The molecule has 17 heteroatoms. The first-order valence-electron chi connectivity index (χ1n) is 11.4. The van der Waals surface area contributed by atoms with Crippen LogP contribution < -0.4 is 20.7 Å². The Hall–Kier alpha value is -3.96. The third kappa shape index (κ3) is 5.19. The number of aryl methyl sites for hydroxylation is 1. The number of carboxylic acids is 1. The molecular formula is C22H21N9O5S3. The van der Waals surface area contributed by atoms with Crippen molar-refractivity contribution in [2.24, 2.45) is 12.2 Å². The van der Waals surface area contributed by atoms with Crippen molar-refractivity contribution in [2.75, 3.05) is 18.1 Å². The molecule has 0 aromatic carbocycles. The fourth-order valence-corrected chi connectivity index (χ4v) is 6.31. The van der Waals surface area contributed by atoms with Gasteiger partial charge in [-0.25, -0.2) is 4.57 Å². The van der Waals surface area contributed by atoms with Gasteiger partial charge in [-0.1, -0.05) is 22.0 Å². The minimum absolute atomic E-state index is 0.0390. The molecule has 3 N–H and O–H groups in total. The van der Waals surface area contributed by atoms with Crippen molar-refractivity contribution in [3.8, 4) is 0 Å². The summed E-state index contributed by atoms with van der Waals surface area (Å²) in [6, 6.07) is 2.79. The first kappa shape index (κ1) is 26.6. The highest BCUT2D eigenvalue weighted by Crippen LogP contribution is 2.40. The molecule has 2 aliphatic rings. The number of amides is 2. The molecule has 3 aromatic heterocycles. The molecule has 2 amide bonds. The average Bonchev–Trinajstić information content (AvgIpc) is 3.51. The summed E-state index contributed by atoms with van der Waals surface area (Å²) in [4.78, 5) is 48.1. The van der Waals surface area contributed by atoms with Crippen LogP contribution in [0, 0.1) is 0 Å². The van der Waals surface area contributed by atoms with Crippen molar-refractivity contribution in [2.45, 2.75) is 23.4 Å². The standard InChI is InChI=1S/C22H21N9O5S3/c1-3-36-27-14(17-25-22(23)39-28-17)18(32)24-15-19(33)31-16(21(34)35)11(10-38-20(15)31)6-9-37-12-4-5-13-29(2)7-8-30(13)26-12/h4-9,15,20H,3,10H2,1-2H3,(H3-,23,24,25,28,32,34,35)/b9-6+,27-14-/t15-,20-/m1/s1. The fourth-order valence-electron chi connectivity index (χ4n) is 3.90. The number of anilines is 1. The third-order valence-electron chi connectivity index (χ3n) is 5.70. The minimum atomic E-state index is -1.48. The Bertz CT molecular complexity index is 1560. The monoisotopic (exact) mass is 587 g/mol. The molecule has 202 valence electrons. The second-order valence-corrected chi connectivity index (χ2v) is 11.0. The van der Waals surface area contributed by atoms with Crippen LogP contribution in [0.15, 0.2) is 57.5 Å². The Balaban J connectivity index is 1.30. The number of carboxylic acid groups (broad SMARTS) is 1. The number of β-lactam (4-membered cyclic amide) rings is 1. The predicted octanol–water partition coefficient (Wildman–Crippen LogP) is -0.957. The second-order valence-electron chi connectivity index (χ2n) is 8.14. The number of hydrogen-bond acceptors (Lipinski definition) is 13. The molecule has 0 aliphatic carbocycles. The van der Waals surface area contributed by atoms with E-state index < -0.39 is 29.2 Å². The molecular weight excluding hydrogens is 567 g/mol. The maximum absolute atomic E-state index is 13.0. The van der Waals surface area contributed by atoms with Crippen molar-refractivity contribution >= 4 is 69.3 Å². The molecule has 0 spiro atoms. The number of oxime groups is 1. The lowest BCUT2D eigenvalue weighted by atomic mass is 10.0. The van der Waals surface area contributed by atoms with E-state index in [9.17, 15) is 19.5 Å². The number of imidazole rings is 1.